The number of furan rings is 1. The molecule has 0 bridgehead atoms. The van der Waals surface area contributed by atoms with Crippen LogP contribution in [0.3, 0.4) is 0 Å². The monoisotopic (exact) mass is 238 g/mol. The van der Waals surface area contributed by atoms with Gasteiger partial charge in [0, 0.05) is 6.04 Å². The Kier molecular flexibility index (Phi) is 5.77. The standard InChI is InChI=1S/C13H22N2O2/c1-4-11(5-2)15-13(16)9-14-8-12-7-6-10(3)17-12/h6-7,11,14H,4-5,8-9H2,1-3H3,(H,15,16). The summed E-state index contributed by atoms with van der Waals surface area (Å²) >= 11 is 0. The Balaban J connectivity index is 2.20. The van der Waals surface area contributed by atoms with E-state index in [1.165, 1.54) is 0 Å². The summed E-state index contributed by atoms with van der Waals surface area (Å²) in [7, 11) is 0. The molecule has 0 aliphatic heterocycles. The summed E-state index contributed by atoms with van der Waals surface area (Å²) in [5.74, 6) is 1.79. The number of nitrogens with one attached hydrogen (secondary N) is 2. The normalized spacial score (nSPS) is 10.8. The van der Waals surface area contributed by atoms with Crippen LogP contribution in [-0.4, -0.2) is 18.5 Å². The lowest BCUT2D eigenvalue weighted by Gasteiger charge is -2.14. The first-order chi connectivity index (χ1) is 8.15. The second-order valence-corrected chi connectivity index (χ2v) is 4.20. The maximum atomic E-state index is 11.6. The molecule has 0 spiro atoms. The SMILES string of the molecule is CCC(CC)NC(=O)CNCc1ccc(C)o1. The maximum absolute atomic E-state index is 11.6. The fourth-order valence-electron chi connectivity index (χ4n) is 1.65. The Hall–Kier alpha value is -1.29. The van der Waals surface area contributed by atoms with Crippen LogP contribution in [0.15, 0.2) is 16.5 Å². The molecule has 4 heteroatoms. The topological polar surface area (TPSA) is 54.3 Å². The third-order valence-corrected chi connectivity index (χ3v) is 2.73. The Morgan fingerprint density at radius 2 is 2.06 bits per heavy atom. The zero-order chi connectivity index (χ0) is 12.7. The Morgan fingerprint density at radius 3 is 2.59 bits per heavy atom. The smallest absolute Gasteiger partial charge is 0.234 e. The molecule has 0 radical (unpaired) electrons. The molecule has 0 unspecified atom stereocenters. The lowest BCUT2D eigenvalue weighted by molar-refractivity contribution is -0.121. The maximum Gasteiger partial charge on any atom is 0.234 e. The molecule has 1 heterocycles. The molecule has 1 aromatic heterocycles. The van der Waals surface area contributed by atoms with Crippen LogP contribution in [0.1, 0.15) is 38.2 Å². The van der Waals surface area contributed by atoms with E-state index in [9.17, 15) is 4.79 Å². The second-order valence-electron chi connectivity index (χ2n) is 4.20. The molecule has 2 N–H and O–H groups in total. The van der Waals surface area contributed by atoms with Crippen molar-refractivity contribution in [3.05, 3.63) is 23.7 Å². The summed E-state index contributed by atoms with van der Waals surface area (Å²) in [5, 5.41) is 6.04. The molecule has 1 rings (SSSR count). The van der Waals surface area contributed by atoms with Crippen molar-refractivity contribution in [1.82, 2.24) is 10.6 Å². The zero-order valence-corrected chi connectivity index (χ0v) is 10.9. The Bertz CT molecular complexity index is 343. The van der Waals surface area contributed by atoms with Crippen molar-refractivity contribution in [3.63, 3.8) is 0 Å². The molecule has 1 amide bonds. The quantitative estimate of drug-likeness (QED) is 0.763. The van der Waals surface area contributed by atoms with Gasteiger partial charge in [0.2, 0.25) is 5.91 Å². The van der Waals surface area contributed by atoms with E-state index in [1.54, 1.807) is 0 Å². The van der Waals surface area contributed by atoms with Crippen LogP contribution >= 0.6 is 0 Å². The highest BCUT2D eigenvalue weighted by molar-refractivity contribution is 5.78. The van der Waals surface area contributed by atoms with Gasteiger partial charge in [-0.2, -0.15) is 0 Å². The predicted molar refractivity (Wildman–Crippen MR) is 67.7 cm³/mol. The van der Waals surface area contributed by atoms with Gasteiger partial charge >= 0.3 is 0 Å². The van der Waals surface area contributed by atoms with Gasteiger partial charge in [0.1, 0.15) is 11.5 Å². The van der Waals surface area contributed by atoms with Crippen LogP contribution in [0.4, 0.5) is 0 Å². The first-order valence-electron chi connectivity index (χ1n) is 6.21. The number of amides is 1. The summed E-state index contributed by atoms with van der Waals surface area (Å²) in [5.41, 5.74) is 0. The van der Waals surface area contributed by atoms with E-state index >= 15 is 0 Å². The first-order valence-corrected chi connectivity index (χ1v) is 6.21. The average molecular weight is 238 g/mol. The van der Waals surface area contributed by atoms with Gasteiger partial charge < -0.3 is 15.1 Å². The summed E-state index contributed by atoms with van der Waals surface area (Å²) < 4.78 is 5.39. The minimum Gasteiger partial charge on any atom is -0.465 e. The molecular formula is C13H22N2O2. The zero-order valence-electron chi connectivity index (χ0n) is 10.9. The van der Waals surface area contributed by atoms with Gasteiger partial charge in [-0.1, -0.05) is 13.8 Å². The van der Waals surface area contributed by atoms with Crippen LogP contribution in [-0.2, 0) is 11.3 Å². The molecule has 96 valence electrons. The number of aryl methyl sites for hydroxylation is 1. The van der Waals surface area contributed by atoms with Gasteiger partial charge in [0.25, 0.3) is 0 Å². The molecule has 0 atom stereocenters. The molecule has 1 aromatic rings. The lowest BCUT2D eigenvalue weighted by Crippen LogP contribution is -2.39. The predicted octanol–water partition coefficient (Wildman–Crippen LogP) is 1.98. The number of carbonyl (C=O) groups excluding carboxylic acids is 1. The molecule has 0 fully saturated rings. The van der Waals surface area contributed by atoms with Crippen molar-refractivity contribution in [2.75, 3.05) is 6.54 Å². The van der Waals surface area contributed by atoms with Gasteiger partial charge in [-0.3, -0.25) is 4.79 Å². The van der Waals surface area contributed by atoms with Gasteiger partial charge in [-0.05, 0) is 31.9 Å². The largest absolute Gasteiger partial charge is 0.465 e. The Labute approximate surface area is 103 Å². The summed E-state index contributed by atoms with van der Waals surface area (Å²) in [4.78, 5) is 11.6. The van der Waals surface area contributed by atoms with Crippen molar-refractivity contribution < 1.29 is 9.21 Å². The fourth-order valence-corrected chi connectivity index (χ4v) is 1.65. The van der Waals surface area contributed by atoms with E-state index in [4.69, 9.17) is 4.42 Å². The van der Waals surface area contributed by atoms with Crippen LogP contribution in [0.5, 0.6) is 0 Å². The minimum absolute atomic E-state index is 0.0435. The van der Waals surface area contributed by atoms with Crippen molar-refractivity contribution in [3.8, 4) is 0 Å². The summed E-state index contributed by atoms with van der Waals surface area (Å²) in [6, 6.07) is 4.12. The minimum atomic E-state index is 0.0435. The van der Waals surface area contributed by atoms with Crippen molar-refractivity contribution in [1.29, 1.82) is 0 Å². The Morgan fingerprint density at radius 1 is 1.35 bits per heavy atom. The number of carbonyl (C=O) groups is 1. The van der Waals surface area contributed by atoms with Crippen molar-refractivity contribution >= 4 is 5.91 Å². The van der Waals surface area contributed by atoms with Crippen LogP contribution in [0.25, 0.3) is 0 Å². The fraction of sp³-hybridized carbons (Fsp3) is 0.615. The summed E-state index contributed by atoms with van der Waals surface area (Å²) in [6.07, 6.45) is 1.94. The molecule has 0 saturated carbocycles. The molecule has 17 heavy (non-hydrogen) atoms. The molecular weight excluding hydrogens is 216 g/mol. The van der Waals surface area contributed by atoms with Crippen molar-refractivity contribution in [2.45, 2.75) is 46.2 Å². The van der Waals surface area contributed by atoms with Crippen LogP contribution in [0.2, 0.25) is 0 Å². The molecule has 0 aromatic carbocycles. The molecule has 0 aliphatic carbocycles. The van der Waals surface area contributed by atoms with E-state index in [0.717, 1.165) is 24.4 Å². The van der Waals surface area contributed by atoms with E-state index in [-0.39, 0.29) is 11.9 Å². The van der Waals surface area contributed by atoms with E-state index in [2.05, 4.69) is 24.5 Å². The highest BCUT2D eigenvalue weighted by Gasteiger charge is 2.07. The number of hydrogen-bond acceptors (Lipinski definition) is 3. The van der Waals surface area contributed by atoms with Gasteiger partial charge in [0.05, 0.1) is 13.1 Å². The third-order valence-electron chi connectivity index (χ3n) is 2.73. The highest BCUT2D eigenvalue weighted by atomic mass is 16.3. The molecule has 0 aliphatic rings. The van der Waals surface area contributed by atoms with E-state index in [0.29, 0.717) is 13.1 Å². The van der Waals surface area contributed by atoms with E-state index < -0.39 is 0 Å². The lowest BCUT2D eigenvalue weighted by atomic mass is 10.2. The highest BCUT2D eigenvalue weighted by Crippen LogP contribution is 2.05. The van der Waals surface area contributed by atoms with Gasteiger partial charge in [0.15, 0.2) is 0 Å². The van der Waals surface area contributed by atoms with Crippen molar-refractivity contribution in [2.24, 2.45) is 0 Å². The third kappa shape index (κ3) is 5.04. The second kappa shape index (κ2) is 7.12. The number of hydrogen-bond donors (Lipinski definition) is 2. The first kappa shape index (κ1) is 13.8. The summed E-state index contributed by atoms with van der Waals surface area (Å²) in [6.45, 7) is 6.98. The van der Waals surface area contributed by atoms with E-state index in [1.807, 2.05) is 19.1 Å². The molecule has 0 saturated heterocycles. The van der Waals surface area contributed by atoms with Crippen LogP contribution < -0.4 is 10.6 Å². The average Bonchev–Trinajstić information content (AvgIpc) is 2.72. The van der Waals surface area contributed by atoms with Crippen LogP contribution in [0, 0.1) is 6.92 Å². The molecule has 4 nitrogen and oxygen atoms in total. The van der Waals surface area contributed by atoms with Gasteiger partial charge in [-0.15, -0.1) is 0 Å². The number of rotatable bonds is 7. The van der Waals surface area contributed by atoms with Gasteiger partial charge in [-0.25, -0.2) is 0 Å².